The second-order valence-electron chi connectivity index (χ2n) is 4.51. The lowest BCUT2D eigenvalue weighted by atomic mass is 9.78. The van der Waals surface area contributed by atoms with Crippen LogP contribution in [0.25, 0.3) is 0 Å². The summed E-state index contributed by atoms with van der Waals surface area (Å²) in [5.41, 5.74) is 3.08. The number of nitrogens with one attached hydrogen (secondary N) is 1. The first-order valence-corrected chi connectivity index (χ1v) is 4.50. The molecule has 0 heterocycles. The van der Waals surface area contributed by atoms with Crippen LogP contribution in [-0.4, -0.2) is 6.04 Å². The van der Waals surface area contributed by atoms with Crippen LogP contribution in [-0.2, 0) is 0 Å². The summed E-state index contributed by atoms with van der Waals surface area (Å²) in [4.78, 5) is 0. The Morgan fingerprint density at radius 3 is 2.25 bits per heavy atom. The summed E-state index contributed by atoms with van der Waals surface area (Å²) >= 11 is 0. The minimum Gasteiger partial charge on any atom is -0.271 e. The average Bonchev–Trinajstić information content (AvgIpc) is 1.97. The highest BCUT2D eigenvalue weighted by Crippen LogP contribution is 2.28. The molecule has 0 bridgehead atoms. The first-order valence-electron chi connectivity index (χ1n) is 4.50. The molecule has 2 heteroatoms. The van der Waals surface area contributed by atoms with Gasteiger partial charge >= 0.3 is 0 Å². The van der Waals surface area contributed by atoms with Crippen LogP contribution in [0.1, 0.15) is 34.1 Å². The van der Waals surface area contributed by atoms with Crippen LogP contribution < -0.4 is 11.3 Å². The third-order valence-corrected chi connectivity index (χ3v) is 2.58. The molecule has 12 heavy (non-hydrogen) atoms. The summed E-state index contributed by atoms with van der Waals surface area (Å²) in [5.74, 6) is 5.99. The van der Waals surface area contributed by atoms with Gasteiger partial charge in [-0.3, -0.25) is 11.3 Å². The molecule has 0 amide bonds. The van der Waals surface area contributed by atoms with Gasteiger partial charge in [-0.1, -0.05) is 33.8 Å². The third kappa shape index (κ3) is 3.88. The Morgan fingerprint density at radius 2 is 2.00 bits per heavy atom. The third-order valence-electron chi connectivity index (χ3n) is 2.58. The van der Waals surface area contributed by atoms with E-state index in [0.29, 0.717) is 11.3 Å². The van der Waals surface area contributed by atoms with Gasteiger partial charge < -0.3 is 0 Å². The molecule has 0 aromatic rings. The molecule has 0 aliphatic heterocycles. The molecule has 0 rings (SSSR count). The molecule has 0 saturated carbocycles. The van der Waals surface area contributed by atoms with Crippen LogP contribution in [0.15, 0.2) is 12.7 Å². The highest BCUT2D eigenvalue weighted by Gasteiger charge is 2.21. The smallest absolute Gasteiger partial charge is 0.0390 e. The Balaban J connectivity index is 3.98. The Morgan fingerprint density at radius 1 is 1.50 bits per heavy atom. The Hall–Kier alpha value is -0.340. The van der Waals surface area contributed by atoms with E-state index in [1.807, 2.05) is 6.08 Å². The molecule has 3 N–H and O–H groups in total. The standard InChI is InChI=1S/C10H22N2/c1-6-9(12-11)7-8(2)10(3,4)5/h6,8-9,12H,1,7,11H2,2-5H3. The Labute approximate surface area is 76.2 Å². The van der Waals surface area contributed by atoms with Gasteiger partial charge in [0.25, 0.3) is 0 Å². The summed E-state index contributed by atoms with van der Waals surface area (Å²) < 4.78 is 0. The number of rotatable bonds is 4. The molecule has 0 saturated heterocycles. The maximum Gasteiger partial charge on any atom is 0.0390 e. The lowest BCUT2D eigenvalue weighted by molar-refractivity contribution is 0.233. The van der Waals surface area contributed by atoms with E-state index in [2.05, 4.69) is 39.7 Å². The van der Waals surface area contributed by atoms with Crippen LogP contribution >= 0.6 is 0 Å². The van der Waals surface area contributed by atoms with E-state index in [9.17, 15) is 0 Å². The molecule has 0 aliphatic carbocycles. The number of hydrogen-bond acceptors (Lipinski definition) is 2. The molecule has 2 nitrogen and oxygen atoms in total. The quantitative estimate of drug-likeness (QED) is 0.385. The number of hydrazine groups is 1. The molecule has 2 unspecified atom stereocenters. The summed E-state index contributed by atoms with van der Waals surface area (Å²) in [7, 11) is 0. The fraction of sp³-hybridized carbons (Fsp3) is 0.800. The van der Waals surface area contributed by atoms with Crippen molar-refractivity contribution in [3.05, 3.63) is 12.7 Å². The predicted octanol–water partition coefficient (Wildman–Crippen LogP) is 2.08. The predicted molar refractivity (Wildman–Crippen MR) is 54.5 cm³/mol. The van der Waals surface area contributed by atoms with Crippen molar-refractivity contribution in [1.29, 1.82) is 0 Å². The van der Waals surface area contributed by atoms with Gasteiger partial charge in [0.15, 0.2) is 0 Å². The highest BCUT2D eigenvalue weighted by molar-refractivity contribution is 4.87. The van der Waals surface area contributed by atoms with Gasteiger partial charge in [0, 0.05) is 6.04 Å². The summed E-state index contributed by atoms with van der Waals surface area (Å²) in [6.07, 6.45) is 2.91. The van der Waals surface area contributed by atoms with Crippen molar-refractivity contribution in [2.75, 3.05) is 0 Å². The van der Waals surface area contributed by atoms with Crippen LogP contribution in [0.5, 0.6) is 0 Å². The van der Waals surface area contributed by atoms with Crippen molar-refractivity contribution < 1.29 is 0 Å². The zero-order valence-electron chi connectivity index (χ0n) is 8.72. The minimum atomic E-state index is 0.235. The lowest BCUT2D eigenvalue weighted by Gasteiger charge is -2.29. The van der Waals surface area contributed by atoms with Crippen molar-refractivity contribution in [2.45, 2.75) is 40.2 Å². The summed E-state index contributed by atoms with van der Waals surface area (Å²) in [6, 6.07) is 0.235. The van der Waals surface area contributed by atoms with Crippen molar-refractivity contribution in [1.82, 2.24) is 5.43 Å². The normalized spacial score (nSPS) is 17.1. The monoisotopic (exact) mass is 170 g/mol. The van der Waals surface area contributed by atoms with Crippen molar-refractivity contribution in [3.63, 3.8) is 0 Å². The van der Waals surface area contributed by atoms with E-state index >= 15 is 0 Å². The number of nitrogens with two attached hydrogens (primary N) is 1. The minimum absolute atomic E-state index is 0.235. The maximum atomic E-state index is 5.35. The van der Waals surface area contributed by atoms with Crippen LogP contribution in [0.4, 0.5) is 0 Å². The second-order valence-corrected chi connectivity index (χ2v) is 4.51. The summed E-state index contributed by atoms with van der Waals surface area (Å²) in [6.45, 7) is 12.7. The van der Waals surface area contributed by atoms with Crippen molar-refractivity contribution in [3.8, 4) is 0 Å². The van der Waals surface area contributed by atoms with E-state index in [1.165, 1.54) is 0 Å². The second kappa shape index (κ2) is 4.63. The molecule has 0 aromatic heterocycles. The molecule has 0 fully saturated rings. The van der Waals surface area contributed by atoms with Gasteiger partial charge in [0.05, 0.1) is 0 Å². The molecule has 0 aliphatic rings. The molecule has 0 radical (unpaired) electrons. The lowest BCUT2D eigenvalue weighted by Crippen LogP contribution is -2.36. The van der Waals surface area contributed by atoms with E-state index in [-0.39, 0.29) is 6.04 Å². The molecule has 72 valence electrons. The van der Waals surface area contributed by atoms with E-state index < -0.39 is 0 Å². The molecule has 2 atom stereocenters. The SMILES string of the molecule is C=CC(CC(C)C(C)(C)C)NN. The fourth-order valence-electron chi connectivity index (χ4n) is 0.967. The van der Waals surface area contributed by atoms with E-state index in [1.54, 1.807) is 0 Å². The average molecular weight is 170 g/mol. The first kappa shape index (κ1) is 11.7. The van der Waals surface area contributed by atoms with Gasteiger partial charge in [-0.25, -0.2) is 0 Å². The van der Waals surface area contributed by atoms with Gasteiger partial charge in [-0.05, 0) is 17.8 Å². The van der Waals surface area contributed by atoms with Crippen LogP contribution in [0.2, 0.25) is 0 Å². The van der Waals surface area contributed by atoms with Crippen LogP contribution in [0.3, 0.4) is 0 Å². The topological polar surface area (TPSA) is 38.0 Å². The van der Waals surface area contributed by atoms with E-state index in [4.69, 9.17) is 5.84 Å². The van der Waals surface area contributed by atoms with Gasteiger partial charge in [-0.2, -0.15) is 0 Å². The summed E-state index contributed by atoms with van der Waals surface area (Å²) in [5, 5.41) is 0. The van der Waals surface area contributed by atoms with Gasteiger partial charge in [0.1, 0.15) is 0 Å². The Bertz CT molecular complexity index is 135. The van der Waals surface area contributed by atoms with Gasteiger partial charge in [0.2, 0.25) is 0 Å². The Kier molecular flexibility index (Phi) is 4.50. The number of hydrogen-bond donors (Lipinski definition) is 2. The molecule has 0 aromatic carbocycles. The van der Waals surface area contributed by atoms with Crippen LogP contribution in [0, 0.1) is 11.3 Å². The van der Waals surface area contributed by atoms with E-state index in [0.717, 1.165) is 6.42 Å². The fourth-order valence-corrected chi connectivity index (χ4v) is 0.967. The maximum absolute atomic E-state index is 5.35. The highest BCUT2D eigenvalue weighted by atomic mass is 15.2. The van der Waals surface area contributed by atoms with Gasteiger partial charge in [-0.15, -0.1) is 6.58 Å². The van der Waals surface area contributed by atoms with Crippen molar-refractivity contribution in [2.24, 2.45) is 17.2 Å². The van der Waals surface area contributed by atoms with Crippen molar-refractivity contribution >= 4 is 0 Å². The zero-order valence-corrected chi connectivity index (χ0v) is 8.72. The molecular formula is C10H22N2. The largest absolute Gasteiger partial charge is 0.271 e. The zero-order chi connectivity index (χ0) is 9.78. The molecule has 0 spiro atoms. The molecular weight excluding hydrogens is 148 g/mol. The first-order chi connectivity index (χ1) is 5.41.